The highest BCUT2D eigenvalue weighted by Crippen LogP contribution is 2.30. The van der Waals surface area contributed by atoms with Gasteiger partial charge < -0.3 is 15.2 Å². The zero-order chi connectivity index (χ0) is 17.6. The van der Waals surface area contributed by atoms with Crippen molar-refractivity contribution < 1.29 is 14.6 Å². The van der Waals surface area contributed by atoms with Gasteiger partial charge in [0.25, 0.3) is 0 Å². The fourth-order valence-corrected chi connectivity index (χ4v) is 2.73. The Morgan fingerprint density at radius 1 is 1.20 bits per heavy atom. The number of anilines is 1. The summed E-state index contributed by atoms with van der Waals surface area (Å²) in [6, 6.07) is 15.6. The summed E-state index contributed by atoms with van der Waals surface area (Å²) in [6.07, 6.45) is 2.20. The number of nitrogens with zero attached hydrogens (tertiary/aromatic N) is 1. The third-order valence-electron chi connectivity index (χ3n) is 4.21. The summed E-state index contributed by atoms with van der Waals surface area (Å²) in [5.74, 6) is 1.24. The maximum Gasteiger partial charge on any atom is 0.238 e. The third kappa shape index (κ3) is 5.05. The largest absolute Gasteiger partial charge is 0.455 e. The van der Waals surface area contributed by atoms with E-state index in [1.807, 2.05) is 60.4 Å². The second-order valence-electron chi connectivity index (χ2n) is 6.38. The van der Waals surface area contributed by atoms with Crippen molar-refractivity contribution in [2.24, 2.45) is 0 Å². The first-order chi connectivity index (χ1) is 12.2. The molecule has 0 bridgehead atoms. The van der Waals surface area contributed by atoms with Gasteiger partial charge in [-0.15, -0.1) is 0 Å². The minimum absolute atomic E-state index is 0.0664. The Hall–Kier alpha value is -2.37. The minimum Gasteiger partial charge on any atom is -0.455 e. The van der Waals surface area contributed by atoms with E-state index in [4.69, 9.17) is 9.84 Å². The normalized spacial score (nSPS) is 13.7. The zero-order valence-corrected chi connectivity index (χ0v) is 14.4. The third-order valence-corrected chi connectivity index (χ3v) is 4.21. The Labute approximate surface area is 148 Å². The van der Waals surface area contributed by atoms with E-state index < -0.39 is 0 Å². The molecule has 0 atom stereocenters. The molecule has 1 aliphatic rings. The second-order valence-corrected chi connectivity index (χ2v) is 6.38. The molecule has 3 rings (SSSR count). The highest BCUT2D eigenvalue weighted by molar-refractivity contribution is 5.93. The monoisotopic (exact) mass is 340 g/mol. The van der Waals surface area contributed by atoms with Crippen molar-refractivity contribution >= 4 is 11.6 Å². The van der Waals surface area contributed by atoms with E-state index in [2.05, 4.69) is 5.32 Å². The van der Waals surface area contributed by atoms with Crippen molar-refractivity contribution in [2.45, 2.75) is 25.8 Å². The zero-order valence-electron chi connectivity index (χ0n) is 14.4. The fourth-order valence-electron chi connectivity index (χ4n) is 2.73. The summed E-state index contributed by atoms with van der Waals surface area (Å²) in [6.45, 7) is 2.90. The van der Waals surface area contributed by atoms with E-state index in [0.717, 1.165) is 24.2 Å². The molecule has 1 fully saturated rings. The van der Waals surface area contributed by atoms with Crippen molar-refractivity contribution in [3.63, 3.8) is 0 Å². The molecule has 0 unspecified atom stereocenters. The predicted molar refractivity (Wildman–Crippen MR) is 98.0 cm³/mol. The number of amides is 1. The number of nitrogens with one attached hydrogen (secondary N) is 1. The lowest BCUT2D eigenvalue weighted by molar-refractivity contribution is -0.117. The van der Waals surface area contributed by atoms with Gasteiger partial charge in [-0.05, 0) is 44.0 Å². The molecule has 5 nitrogen and oxygen atoms in total. The average Bonchev–Trinajstić information content (AvgIpc) is 3.43. The van der Waals surface area contributed by atoms with Crippen molar-refractivity contribution in [1.82, 2.24) is 4.90 Å². The number of aryl methyl sites for hydroxylation is 1. The van der Waals surface area contributed by atoms with Crippen LogP contribution in [-0.2, 0) is 4.79 Å². The molecule has 1 amide bonds. The lowest BCUT2D eigenvalue weighted by Crippen LogP contribution is -2.36. The van der Waals surface area contributed by atoms with Crippen LogP contribution in [0.4, 0.5) is 5.69 Å². The molecule has 2 N–H and O–H groups in total. The van der Waals surface area contributed by atoms with Crippen LogP contribution in [0.25, 0.3) is 0 Å². The van der Waals surface area contributed by atoms with Gasteiger partial charge in [0.2, 0.25) is 5.91 Å². The molecule has 2 aromatic carbocycles. The number of ether oxygens (including phenoxy) is 1. The fraction of sp³-hybridized carbons (Fsp3) is 0.350. The van der Waals surface area contributed by atoms with E-state index in [0.29, 0.717) is 24.0 Å². The first-order valence-corrected chi connectivity index (χ1v) is 8.64. The molecular formula is C20H24N2O3. The van der Waals surface area contributed by atoms with Crippen molar-refractivity contribution in [3.8, 4) is 11.5 Å². The maximum absolute atomic E-state index is 12.4. The van der Waals surface area contributed by atoms with Crippen LogP contribution < -0.4 is 10.1 Å². The number of carbonyl (C=O) groups is 1. The number of rotatable bonds is 8. The first kappa shape index (κ1) is 17.5. The van der Waals surface area contributed by atoms with Gasteiger partial charge in [-0.25, -0.2) is 0 Å². The Morgan fingerprint density at radius 2 is 1.92 bits per heavy atom. The molecule has 25 heavy (non-hydrogen) atoms. The summed E-state index contributed by atoms with van der Waals surface area (Å²) in [7, 11) is 0. The van der Waals surface area contributed by atoms with Gasteiger partial charge in [0.1, 0.15) is 5.75 Å². The van der Waals surface area contributed by atoms with Crippen LogP contribution in [0.3, 0.4) is 0 Å². The Kier molecular flexibility index (Phi) is 5.68. The van der Waals surface area contributed by atoms with E-state index in [9.17, 15) is 4.79 Å². The van der Waals surface area contributed by atoms with Gasteiger partial charge in [-0.1, -0.05) is 29.8 Å². The topological polar surface area (TPSA) is 61.8 Å². The van der Waals surface area contributed by atoms with E-state index in [1.165, 1.54) is 0 Å². The van der Waals surface area contributed by atoms with Crippen molar-refractivity contribution in [2.75, 3.05) is 25.0 Å². The molecule has 0 aromatic heterocycles. The van der Waals surface area contributed by atoms with Crippen LogP contribution in [0.2, 0.25) is 0 Å². The highest BCUT2D eigenvalue weighted by Gasteiger charge is 2.29. The Balaban J connectivity index is 1.65. The van der Waals surface area contributed by atoms with Crippen LogP contribution in [-0.4, -0.2) is 41.7 Å². The number of aliphatic hydroxyl groups excluding tert-OH is 1. The maximum atomic E-state index is 12.4. The van der Waals surface area contributed by atoms with Gasteiger partial charge in [0.15, 0.2) is 5.75 Å². The highest BCUT2D eigenvalue weighted by atomic mass is 16.5. The Bertz CT molecular complexity index is 711. The molecule has 0 aliphatic heterocycles. The smallest absolute Gasteiger partial charge is 0.238 e. The van der Waals surface area contributed by atoms with Crippen LogP contribution in [0.15, 0.2) is 48.5 Å². The summed E-state index contributed by atoms with van der Waals surface area (Å²) in [5, 5.41) is 12.1. The molecule has 1 aliphatic carbocycles. The van der Waals surface area contributed by atoms with E-state index in [-0.39, 0.29) is 19.1 Å². The van der Waals surface area contributed by atoms with Crippen LogP contribution in [0.5, 0.6) is 11.5 Å². The number of aliphatic hydroxyl groups is 1. The van der Waals surface area contributed by atoms with Gasteiger partial charge in [0.05, 0.1) is 18.8 Å². The Morgan fingerprint density at radius 3 is 2.60 bits per heavy atom. The van der Waals surface area contributed by atoms with Crippen molar-refractivity contribution in [3.05, 3.63) is 54.1 Å². The molecule has 0 heterocycles. The molecule has 5 heteroatoms. The van der Waals surface area contributed by atoms with E-state index >= 15 is 0 Å². The second kappa shape index (κ2) is 8.14. The molecule has 0 spiro atoms. The van der Waals surface area contributed by atoms with Gasteiger partial charge in [0, 0.05) is 12.6 Å². The molecule has 2 aromatic rings. The lowest BCUT2D eigenvalue weighted by atomic mass is 10.2. The number of hydrogen-bond donors (Lipinski definition) is 2. The standard InChI is InChI=1S/C20H24N2O3/c1-15-6-10-17(11-7-15)25-19-5-3-2-4-18(19)21-20(24)14-22(12-13-23)16-8-9-16/h2-7,10-11,16,23H,8-9,12-14H2,1H3,(H,21,24). The number of para-hydroxylation sites is 2. The summed E-state index contributed by atoms with van der Waals surface area (Å²) >= 11 is 0. The SMILES string of the molecule is Cc1ccc(Oc2ccccc2NC(=O)CN(CCO)C2CC2)cc1. The van der Waals surface area contributed by atoms with Crippen LogP contribution in [0, 0.1) is 6.92 Å². The molecule has 0 saturated heterocycles. The number of benzene rings is 2. The summed E-state index contributed by atoms with van der Waals surface area (Å²) in [5.41, 5.74) is 1.81. The molecule has 132 valence electrons. The lowest BCUT2D eigenvalue weighted by Gasteiger charge is -2.20. The average molecular weight is 340 g/mol. The molecule has 0 radical (unpaired) electrons. The molecule has 1 saturated carbocycles. The van der Waals surface area contributed by atoms with Gasteiger partial charge >= 0.3 is 0 Å². The minimum atomic E-state index is -0.0969. The number of carbonyl (C=O) groups excluding carboxylic acids is 1. The summed E-state index contributed by atoms with van der Waals surface area (Å²) in [4.78, 5) is 14.4. The predicted octanol–water partition coefficient (Wildman–Crippen LogP) is 3.18. The van der Waals surface area contributed by atoms with Crippen molar-refractivity contribution in [1.29, 1.82) is 0 Å². The number of hydrogen-bond acceptors (Lipinski definition) is 4. The van der Waals surface area contributed by atoms with E-state index in [1.54, 1.807) is 0 Å². The quantitative estimate of drug-likeness (QED) is 0.775. The van der Waals surface area contributed by atoms with Gasteiger partial charge in [-0.3, -0.25) is 9.69 Å². The van der Waals surface area contributed by atoms with Crippen LogP contribution >= 0.6 is 0 Å². The first-order valence-electron chi connectivity index (χ1n) is 8.64. The van der Waals surface area contributed by atoms with Crippen LogP contribution in [0.1, 0.15) is 18.4 Å². The van der Waals surface area contributed by atoms with Gasteiger partial charge in [-0.2, -0.15) is 0 Å². The summed E-state index contributed by atoms with van der Waals surface area (Å²) < 4.78 is 5.91. The molecular weight excluding hydrogens is 316 g/mol.